The lowest BCUT2D eigenvalue weighted by atomic mass is 9.88. The summed E-state index contributed by atoms with van der Waals surface area (Å²) < 4.78 is 15.4. The van der Waals surface area contributed by atoms with Crippen molar-refractivity contribution in [3.05, 3.63) is 102 Å². The van der Waals surface area contributed by atoms with Gasteiger partial charge in [0.15, 0.2) is 0 Å². The number of para-hydroxylation sites is 1. The third kappa shape index (κ3) is 3.74. The number of rotatable bonds is 3. The number of hydrogen-bond donors (Lipinski definition) is 0. The largest absolute Gasteiger partial charge is 0.306 e. The number of nitrogens with zero attached hydrogens (tertiary/aromatic N) is 4. The Kier molecular flexibility index (Phi) is 5.26. The predicted molar refractivity (Wildman–Crippen MR) is 136 cm³/mol. The molecule has 0 bridgehead atoms. The van der Waals surface area contributed by atoms with Gasteiger partial charge in [-0.05, 0) is 75.0 Å². The van der Waals surface area contributed by atoms with Crippen LogP contribution < -0.4 is 4.90 Å². The summed E-state index contributed by atoms with van der Waals surface area (Å²) in [5, 5.41) is 4.80. The van der Waals surface area contributed by atoms with Crippen molar-refractivity contribution in [1.82, 2.24) is 14.7 Å². The summed E-state index contributed by atoms with van der Waals surface area (Å²) in [7, 11) is 2.15. The number of carbonyl (C=O) groups is 1. The van der Waals surface area contributed by atoms with Crippen molar-refractivity contribution in [2.45, 2.75) is 25.3 Å². The number of anilines is 1. The third-order valence-electron chi connectivity index (χ3n) is 7.25. The minimum Gasteiger partial charge on any atom is -0.306 e. The zero-order valence-electron chi connectivity index (χ0n) is 19.9. The van der Waals surface area contributed by atoms with Crippen LogP contribution in [0, 0.1) is 12.7 Å². The zero-order chi connectivity index (χ0) is 24.1. The Morgan fingerprint density at radius 1 is 1.03 bits per heavy atom. The Morgan fingerprint density at radius 2 is 1.80 bits per heavy atom. The second-order valence-corrected chi connectivity index (χ2v) is 9.64. The van der Waals surface area contributed by atoms with Gasteiger partial charge in [-0.3, -0.25) is 4.79 Å². The van der Waals surface area contributed by atoms with E-state index in [1.165, 1.54) is 23.3 Å². The lowest BCUT2D eigenvalue weighted by molar-refractivity contribution is 0.0965. The molecule has 4 aromatic rings. The molecule has 0 N–H and O–H groups in total. The van der Waals surface area contributed by atoms with E-state index in [1.807, 2.05) is 41.4 Å². The summed E-state index contributed by atoms with van der Waals surface area (Å²) in [6, 6.07) is 22.4. The molecule has 5 nitrogen and oxygen atoms in total. The number of amides is 1. The van der Waals surface area contributed by atoms with Crippen LogP contribution in [0.15, 0.2) is 79.0 Å². The number of carbonyl (C=O) groups excluding carboxylic acids is 1. The van der Waals surface area contributed by atoms with E-state index < -0.39 is 0 Å². The molecular weight excluding hydrogens is 439 g/mol. The van der Waals surface area contributed by atoms with Crippen LogP contribution in [0.2, 0.25) is 0 Å². The van der Waals surface area contributed by atoms with Crippen LogP contribution in [0.4, 0.5) is 10.1 Å². The van der Waals surface area contributed by atoms with Crippen molar-refractivity contribution in [1.29, 1.82) is 0 Å². The molecule has 176 valence electrons. The maximum Gasteiger partial charge on any atom is 0.262 e. The SMILES string of the molecule is Cc1ccc2c(c1)[C@@H]1CN(C)CC[C@@H]1N2C(=O)c1cn(-c2ccccc2)nc1-c1ccc(F)cc1. The highest BCUT2D eigenvalue weighted by Crippen LogP contribution is 2.46. The minimum atomic E-state index is -0.317. The van der Waals surface area contributed by atoms with Crippen LogP contribution in [-0.4, -0.2) is 46.8 Å². The molecule has 3 aromatic carbocycles. The van der Waals surface area contributed by atoms with Crippen molar-refractivity contribution in [2.24, 2.45) is 0 Å². The van der Waals surface area contributed by atoms with Gasteiger partial charge in [0.1, 0.15) is 11.5 Å². The second-order valence-electron chi connectivity index (χ2n) is 9.64. The van der Waals surface area contributed by atoms with Gasteiger partial charge in [0.05, 0.1) is 11.3 Å². The highest BCUT2D eigenvalue weighted by atomic mass is 19.1. The van der Waals surface area contributed by atoms with Gasteiger partial charge in [0.25, 0.3) is 5.91 Å². The van der Waals surface area contributed by atoms with Crippen LogP contribution in [0.5, 0.6) is 0 Å². The number of benzene rings is 3. The Hall–Kier alpha value is -3.77. The number of hydrogen-bond acceptors (Lipinski definition) is 3. The molecule has 0 saturated carbocycles. The zero-order valence-corrected chi connectivity index (χ0v) is 19.9. The van der Waals surface area contributed by atoms with Crippen LogP contribution in [0.3, 0.4) is 0 Å². The lowest BCUT2D eigenvalue weighted by Crippen LogP contribution is -2.47. The molecule has 3 heterocycles. The number of aromatic nitrogens is 2. The van der Waals surface area contributed by atoms with Crippen LogP contribution in [0.1, 0.15) is 33.8 Å². The smallest absolute Gasteiger partial charge is 0.262 e. The Morgan fingerprint density at radius 3 is 2.57 bits per heavy atom. The van der Waals surface area contributed by atoms with E-state index in [2.05, 4.69) is 37.1 Å². The van der Waals surface area contributed by atoms with E-state index in [4.69, 9.17) is 5.10 Å². The molecule has 0 spiro atoms. The number of aryl methyl sites for hydroxylation is 1. The van der Waals surface area contributed by atoms with Gasteiger partial charge >= 0.3 is 0 Å². The van der Waals surface area contributed by atoms with E-state index in [-0.39, 0.29) is 23.7 Å². The summed E-state index contributed by atoms with van der Waals surface area (Å²) in [6.07, 6.45) is 2.73. The average molecular weight is 467 g/mol. The average Bonchev–Trinajstić information content (AvgIpc) is 3.44. The van der Waals surface area contributed by atoms with Gasteiger partial charge in [-0.1, -0.05) is 35.9 Å². The maximum atomic E-state index is 14.3. The molecule has 2 aliphatic heterocycles. The summed E-state index contributed by atoms with van der Waals surface area (Å²) in [5.41, 5.74) is 6.10. The van der Waals surface area contributed by atoms with Crippen LogP contribution in [0.25, 0.3) is 16.9 Å². The van der Waals surface area contributed by atoms with E-state index in [9.17, 15) is 9.18 Å². The fourth-order valence-electron chi connectivity index (χ4n) is 5.54. The molecule has 6 heteroatoms. The van der Waals surface area contributed by atoms with Gasteiger partial charge in [-0.15, -0.1) is 0 Å². The molecule has 1 saturated heterocycles. The molecule has 6 rings (SSSR count). The number of likely N-dealkylation sites (tertiary alicyclic amines) is 1. The Bertz CT molecular complexity index is 1400. The van der Waals surface area contributed by atoms with Crippen LogP contribution in [-0.2, 0) is 0 Å². The fourth-order valence-corrected chi connectivity index (χ4v) is 5.54. The summed E-state index contributed by atoms with van der Waals surface area (Å²) >= 11 is 0. The highest BCUT2D eigenvalue weighted by molar-refractivity contribution is 6.11. The van der Waals surface area contributed by atoms with E-state index in [0.717, 1.165) is 30.9 Å². The van der Waals surface area contributed by atoms with Crippen molar-refractivity contribution < 1.29 is 9.18 Å². The standard InChI is InChI=1S/C29H27FN4O/c1-19-8-13-26-23(16-19)24-17-32(2)15-14-27(24)34(26)29(35)25-18-33(22-6-4-3-5-7-22)31-28(25)20-9-11-21(30)12-10-20/h3-13,16,18,24,27H,14-15,17H2,1-2H3/t24-,27-/m0/s1. The number of likely N-dealkylation sites (N-methyl/N-ethyl adjacent to an activating group) is 1. The summed E-state index contributed by atoms with van der Waals surface area (Å²) in [5.74, 6) is -0.0955. The van der Waals surface area contributed by atoms with Crippen molar-refractivity contribution >= 4 is 11.6 Å². The van der Waals surface area contributed by atoms with E-state index in [0.29, 0.717) is 16.8 Å². The summed E-state index contributed by atoms with van der Waals surface area (Å²) in [6.45, 7) is 3.98. The predicted octanol–water partition coefficient (Wildman–Crippen LogP) is 5.43. The number of halogens is 1. The second kappa shape index (κ2) is 8.47. The lowest BCUT2D eigenvalue weighted by Gasteiger charge is -2.36. The maximum absolute atomic E-state index is 14.3. The fraction of sp³-hybridized carbons (Fsp3) is 0.241. The first-order valence-corrected chi connectivity index (χ1v) is 12.0. The molecule has 35 heavy (non-hydrogen) atoms. The summed E-state index contributed by atoms with van der Waals surface area (Å²) in [4.78, 5) is 18.7. The third-order valence-corrected chi connectivity index (χ3v) is 7.25. The Balaban J connectivity index is 1.48. The molecule has 0 unspecified atom stereocenters. The molecule has 0 aliphatic carbocycles. The van der Waals surface area contributed by atoms with E-state index in [1.54, 1.807) is 16.8 Å². The van der Waals surface area contributed by atoms with Gasteiger partial charge < -0.3 is 9.80 Å². The van der Waals surface area contributed by atoms with Gasteiger partial charge in [0, 0.05) is 36.0 Å². The quantitative estimate of drug-likeness (QED) is 0.404. The topological polar surface area (TPSA) is 41.4 Å². The molecule has 1 fully saturated rings. The number of fused-ring (bicyclic) bond motifs is 3. The molecule has 2 atom stereocenters. The van der Waals surface area contributed by atoms with Gasteiger partial charge in [0.2, 0.25) is 0 Å². The first kappa shape index (κ1) is 21.7. The van der Waals surface area contributed by atoms with E-state index >= 15 is 0 Å². The van der Waals surface area contributed by atoms with Gasteiger partial charge in [-0.2, -0.15) is 5.10 Å². The number of piperidine rings is 1. The Labute approximate surface area is 204 Å². The van der Waals surface area contributed by atoms with Crippen molar-refractivity contribution in [3.8, 4) is 16.9 Å². The first-order valence-electron chi connectivity index (χ1n) is 12.0. The molecule has 0 radical (unpaired) electrons. The molecular formula is C29H27FN4O. The van der Waals surface area contributed by atoms with Crippen molar-refractivity contribution in [3.63, 3.8) is 0 Å². The van der Waals surface area contributed by atoms with Crippen molar-refractivity contribution in [2.75, 3.05) is 25.0 Å². The molecule has 2 aliphatic rings. The normalized spacial score (nSPS) is 19.5. The monoisotopic (exact) mass is 466 g/mol. The van der Waals surface area contributed by atoms with Gasteiger partial charge in [-0.25, -0.2) is 9.07 Å². The minimum absolute atomic E-state index is 0.0614. The first-order chi connectivity index (χ1) is 17.0. The van der Waals surface area contributed by atoms with Crippen LogP contribution >= 0.6 is 0 Å². The molecule has 1 amide bonds. The molecule has 1 aromatic heterocycles. The highest BCUT2D eigenvalue weighted by Gasteiger charge is 2.44.